The molecule has 1 saturated carbocycles. The van der Waals surface area contributed by atoms with Gasteiger partial charge >= 0.3 is 0 Å². The van der Waals surface area contributed by atoms with E-state index in [9.17, 15) is 0 Å². The maximum Gasteiger partial charge on any atom is 0.0726 e. The number of aryl methyl sites for hydroxylation is 1. The third-order valence-corrected chi connectivity index (χ3v) is 4.31. The molecule has 0 bridgehead atoms. The molecular weight excluding hydrogens is 248 g/mol. The van der Waals surface area contributed by atoms with E-state index in [4.69, 9.17) is 5.73 Å². The Balaban J connectivity index is 2.19. The van der Waals surface area contributed by atoms with E-state index in [-0.39, 0.29) is 11.5 Å². The molecule has 0 radical (unpaired) electrons. The predicted octanol–water partition coefficient (Wildman–Crippen LogP) is 2.50. The molecule has 3 atom stereocenters. The van der Waals surface area contributed by atoms with Crippen molar-refractivity contribution in [2.45, 2.75) is 64.5 Å². The van der Waals surface area contributed by atoms with E-state index >= 15 is 0 Å². The second-order valence-corrected chi connectivity index (χ2v) is 7.43. The summed E-state index contributed by atoms with van der Waals surface area (Å²) in [5.74, 6) is 0.835. The molecule has 4 nitrogen and oxygen atoms in total. The zero-order valence-corrected chi connectivity index (χ0v) is 13.6. The fraction of sp³-hybridized carbons (Fsp3) is 0.812. The summed E-state index contributed by atoms with van der Waals surface area (Å²) in [5.41, 5.74) is 8.52. The van der Waals surface area contributed by atoms with Crippen LogP contribution in [-0.4, -0.2) is 22.4 Å². The lowest BCUT2D eigenvalue weighted by atomic mass is 9.87. The fourth-order valence-electron chi connectivity index (χ4n) is 3.27. The molecule has 0 aromatic carbocycles. The van der Waals surface area contributed by atoms with E-state index in [1.807, 2.05) is 11.7 Å². The highest BCUT2D eigenvalue weighted by Gasteiger charge is 2.29. The Kier molecular flexibility index (Phi) is 4.55. The first kappa shape index (κ1) is 15.5. The van der Waals surface area contributed by atoms with Gasteiger partial charge in [0.25, 0.3) is 0 Å². The second kappa shape index (κ2) is 5.86. The van der Waals surface area contributed by atoms with Crippen molar-refractivity contribution >= 4 is 0 Å². The van der Waals surface area contributed by atoms with Crippen molar-refractivity contribution in [1.29, 1.82) is 0 Å². The molecule has 1 aromatic rings. The van der Waals surface area contributed by atoms with Crippen LogP contribution in [0.5, 0.6) is 0 Å². The molecular formula is C16H30N4. The van der Waals surface area contributed by atoms with Crippen LogP contribution in [0.2, 0.25) is 0 Å². The van der Waals surface area contributed by atoms with E-state index in [0.29, 0.717) is 12.6 Å². The lowest BCUT2D eigenvalue weighted by Gasteiger charge is -2.25. The number of aromatic nitrogens is 2. The van der Waals surface area contributed by atoms with Gasteiger partial charge in [-0.05, 0) is 25.2 Å². The lowest BCUT2D eigenvalue weighted by molar-refractivity contribution is 0.426. The highest BCUT2D eigenvalue weighted by molar-refractivity contribution is 5.28. The van der Waals surface area contributed by atoms with Crippen LogP contribution in [0.15, 0.2) is 6.20 Å². The minimum Gasteiger partial charge on any atom is -0.329 e. The molecule has 1 heterocycles. The van der Waals surface area contributed by atoms with Crippen LogP contribution >= 0.6 is 0 Å². The molecule has 114 valence electrons. The van der Waals surface area contributed by atoms with Gasteiger partial charge in [-0.15, -0.1) is 0 Å². The van der Waals surface area contributed by atoms with Crippen molar-refractivity contribution in [1.82, 2.24) is 15.1 Å². The van der Waals surface area contributed by atoms with Crippen molar-refractivity contribution in [3.8, 4) is 0 Å². The Hall–Kier alpha value is -0.870. The summed E-state index contributed by atoms with van der Waals surface area (Å²) in [4.78, 5) is 0. The van der Waals surface area contributed by atoms with Gasteiger partial charge in [0.05, 0.1) is 5.69 Å². The Morgan fingerprint density at radius 2 is 2.15 bits per heavy atom. The zero-order chi connectivity index (χ0) is 14.9. The summed E-state index contributed by atoms with van der Waals surface area (Å²) in [6.07, 6.45) is 5.99. The van der Waals surface area contributed by atoms with Gasteiger partial charge in [-0.1, -0.05) is 27.7 Å². The van der Waals surface area contributed by atoms with Crippen molar-refractivity contribution in [3.05, 3.63) is 17.5 Å². The first-order valence-electron chi connectivity index (χ1n) is 7.81. The zero-order valence-electron chi connectivity index (χ0n) is 13.6. The first-order chi connectivity index (χ1) is 9.31. The van der Waals surface area contributed by atoms with Crippen LogP contribution < -0.4 is 11.1 Å². The van der Waals surface area contributed by atoms with E-state index in [1.54, 1.807) is 0 Å². The molecule has 1 fully saturated rings. The largest absolute Gasteiger partial charge is 0.329 e. The highest BCUT2D eigenvalue weighted by Crippen LogP contribution is 2.31. The van der Waals surface area contributed by atoms with Crippen molar-refractivity contribution in [2.24, 2.45) is 18.7 Å². The number of hydrogen-bond acceptors (Lipinski definition) is 3. The van der Waals surface area contributed by atoms with E-state index in [1.165, 1.54) is 24.8 Å². The van der Waals surface area contributed by atoms with Gasteiger partial charge in [0.1, 0.15) is 0 Å². The molecule has 3 N–H and O–H groups in total. The molecule has 0 aliphatic heterocycles. The average Bonchev–Trinajstić information content (AvgIpc) is 2.91. The number of rotatable bonds is 4. The summed E-state index contributed by atoms with van der Waals surface area (Å²) >= 11 is 0. The summed E-state index contributed by atoms with van der Waals surface area (Å²) in [6.45, 7) is 9.60. The van der Waals surface area contributed by atoms with E-state index in [2.05, 4.69) is 44.3 Å². The smallest absolute Gasteiger partial charge is 0.0726 e. The van der Waals surface area contributed by atoms with Crippen molar-refractivity contribution < 1.29 is 0 Å². The van der Waals surface area contributed by atoms with Crippen LogP contribution in [0.4, 0.5) is 0 Å². The molecule has 1 aliphatic rings. The van der Waals surface area contributed by atoms with Gasteiger partial charge in [-0.2, -0.15) is 5.10 Å². The van der Waals surface area contributed by atoms with Crippen LogP contribution in [0.25, 0.3) is 0 Å². The Labute approximate surface area is 123 Å². The first-order valence-corrected chi connectivity index (χ1v) is 7.81. The normalized spacial score (nSPS) is 25.1. The second-order valence-electron chi connectivity index (χ2n) is 7.43. The molecule has 4 heteroatoms. The Bertz CT molecular complexity index is 444. The number of nitrogens with one attached hydrogen (secondary N) is 1. The number of hydrogen-bond donors (Lipinski definition) is 2. The minimum absolute atomic E-state index is 0.0503. The molecule has 2 rings (SSSR count). The van der Waals surface area contributed by atoms with Gasteiger partial charge in [-0.25, -0.2) is 0 Å². The van der Waals surface area contributed by atoms with Crippen molar-refractivity contribution in [2.75, 3.05) is 6.54 Å². The Morgan fingerprint density at radius 1 is 1.45 bits per heavy atom. The van der Waals surface area contributed by atoms with Crippen LogP contribution in [0.1, 0.15) is 64.3 Å². The van der Waals surface area contributed by atoms with E-state index < -0.39 is 0 Å². The standard InChI is InChI=1S/C16H30N4/c1-11-6-7-12(8-11)18-14(9-17)13-10-20(5)19-15(13)16(2,3)4/h10-12,14,18H,6-9,17H2,1-5H3. The molecule has 1 aromatic heterocycles. The van der Waals surface area contributed by atoms with Gasteiger partial charge in [0.2, 0.25) is 0 Å². The summed E-state index contributed by atoms with van der Waals surface area (Å²) < 4.78 is 1.91. The summed E-state index contributed by atoms with van der Waals surface area (Å²) in [6, 6.07) is 0.819. The molecule has 0 spiro atoms. The number of nitrogens with two attached hydrogens (primary N) is 1. The van der Waals surface area contributed by atoms with Crippen molar-refractivity contribution in [3.63, 3.8) is 0 Å². The molecule has 20 heavy (non-hydrogen) atoms. The third-order valence-electron chi connectivity index (χ3n) is 4.31. The maximum absolute atomic E-state index is 6.04. The molecule has 1 aliphatic carbocycles. The fourth-order valence-corrected chi connectivity index (χ4v) is 3.27. The summed E-state index contributed by atoms with van der Waals surface area (Å²) in [5, 5.41) is 8.42. The average molecular weight is 278 g/mol. The quantitative estimate of drug-likeness (QED) is 0.889. The van der Waals surface area contributed by atoms with Crippen LogP contribution in [0.3, 0.4) is 0 Å². The lowest BCUT2D eigenvalue weighted by Crippen LogP contribution is -2.36. The van der Waals surface area contributed by atoms with Crippen LogP contribution in [-0.2, 0) is 12.5 Å². The number of nitrogens with zero attached hydrogens (tertiary/aromatic N) is 2. The maximum atomic E-state index is 6.04. The molecule has 0 amide bonds. The minimum atomic E-state index is 0.0503. The Morgan fingerprint density at radius 3 is 2.65 bits per heavy atom. The summed E-state index contributed by atoms with van der Waals surface area (Å²) in [7, 11) is 1.99. The third kappa shape index (κ3) is 3.41. The van der Waals surface area contributed by atoms with Gasteiger partial charge in [-0.3, -0.25) is 4.68 Å². The SMILES string of the molecule is CC1CCC(NC(CN)c2cn(C)nc2C(C)(C)C)C1. The van der Waals surface area contributed by atoms with Crippen LogP contribution in [0, 0.1) is 5.92 Å². The van der Waals surface area contributed by atoms with Gasteiger partial charge in [0.15, 0.2) is 0 Å². The molecule has 3 unspecified atom stereocenters. The monoisotopic (exact) mass is 278 g/mol. The predicted molar refractivity (Wildman–Crippen MR) is 83.6 cm³/mol. The highest BCUT2D eigenvalue weighted by atomic mass is 15.3. The molecule has 0 saturated heterocycles. The van der Waals surface area contributed by atoms with E-state index in [0.717, 1.165) is 11.6 Å². The topological polar surface area (TPSA) is 55.9 Å². The van der Waals surface area contributed by atoms with Gasteiger partial charge in [0, 0.05) is 42.9 Å². The van der Waals surface area contributed by atoms with Gasteiger partial charge < -0.3 is 11.1 Å².